The second kappa shape index (κ2) is 6.54. The van der Waals surface area contributed by atoms with Crippen LogP contribution in [0.15, 0.2) is 16.3 Å². The van der Waals surface area contributed by atoms with Crippen molar-refractivity contribution < 1.29 is 23.1 Å². The Morgan fingerprint density at radius 1 is 1.33 bits per heavy atom. The molecule has 0 aliphatic carbocycles. The minimum Gasteiger partial charge on any atom is -0.480 e. The molecule has 21 heavy (non-hydrogen) atoms. The highest BCUT2D eigenvalue weighted by molar-refractivity contribution is 7.89. The SMILES string of the molecule is CC(C)[C@H](NC(=O)c1cc(S(=O)(=O)N(C)C)cs1)C(=O)O. The molecule has 0 fully saturated rings. The predicted octanol–water partition coefficient (Wildman–Crippen LogP) is 0.837. The lowest BCUT2D eigenvalue weighted by atomic mass is 10.0. The summed E-state index contributed by atoms with van der Waals surface area (Å²) in [7, 11) is -0.814. The van der Waals surface area contributed by atoms with Crippen molar-refractivity contribution in [2.24, 2.45) is 5.92 Å². The molecule has 1 rings (SSSR count). The Labute approximate surface area is 127 Å². The largest absolute Gasteiger partial charge is 0.480 e. The minimum atomic E-state index is -3.60. The van der Waals surface area contributed by atoms with Gasteiger partial charge < -0.3 is 10.4 Å². The third-order valence-corrected chi connectivity index (χ3v) is 5.67. The quantitative estimate of drug-likeness (QED) is 0.802. The lowest BCUT2D eigenvalue weighted by molar-refractivity contribution is -0.140. The van der Waals surface area contributed by atoms with Gasteiger partial charge in [-0.1, -0.05) is 13.8 Å². The number of amides is 1. The Balaban J connectivity index is 2.96. The van der Waals surface area contributed by atoms with Crippen molar-refractivity contribution in [3.8, 4) is 0 Å². The summed E-state index contributed by atoms with van der Waals surface area (Å²) in [6, 6.07) is 0.225. The number of hydrogen-bond donors (Lipinski definition) is 2. The lowest BCUT2D eigenvalue weighted by Crippen LogP contribution is -2.44. The smallest absolute Gasteiger partial charge is 0.326 e. The van der Waals surface area contributed by atoms with Crippen LogP contribution >= 0.6 is 11.3 Å². The zero-order valence-corrected chi connectivity index (χ0v) is 13.8. The number of thiophene rings is 1. The summed E-state index contributed by atoms with van der Waals surface area (Å²) in [5.74, 6) is -2.01. The van der Waals surface area contributed by atoms with Gasteiger partial charge in [-0.2, -0.15) is 0 Å². The van der Waals surface area contributed by atoms with E-state index < -0.39 is 27.9 Å². The molecule has 0 saturated heterocycles. The van der Waals surface area contributed by atoms with Crippen LogP contribution in [0.25, 0.3) is 0 Å². The fourth-order valence-corrected chi connectivity index (χ4v) is 3.58. The van der Waals surface area contributed by atoms with Crippen molar-refractivity contribution in [1.82, 2.24) is 9.62 Å². The molecule has 1 aromatic rings. The molecule has 118 valence electrons. The third-order valence-electron chi connectivity index (χ3n) is 2.80. The van der Waals surface area contributed by atoms with Gasteiger partial charge in [-0.25, -0.2) is 17.5 Å². The summed E-state index contributed by atoms with van der Waals surface area (Å²) in [5.41, 5.74) is 0. The van der Waals surface area contributed by atoms with Crippen LogP contribution in [0.4, 0.5) is 0 Å². The van der Waals surface area contributed by atoms with E-state index >= 15 is 0 Å². The molecule has 2 N–H and O–H groups in total. The van der Waals surface area contributed by atoms with E-state index in [-0.39, 0.29) is 15.7 Å². The summed E-state index contributed by atoms with van der Waals surface area (Å²) in [6.07, 6.45) is 0. The number of nitrogens with zero attached hydrogens (tertiary/aromatic N) is 1. The van der Waals surface area contributed by atoms with Crippen molar-refractivity contribution in [1.29, 1.82) is 0 Å². The van der Waals surface area contributed by atoms with Gasteiger partial charge in [0.25, 0.3) is 5.91 Å². The van der Waals surface area contributed by atoms with E-state index in [2.05, 4.69) is 5.32 Å². The highest BCUT2D eigenvalue weighted by atomic mass is 32.2. The molecule has 9 heteroatoms. The van der Waals surface area contributed by atoms with Gasteiger partial charge in [0.05, 0.1) is 9.77 Å². The van der Waals surface area contributed by atoms with E-state index in [0.29, 0.717) is 0 Å². The van der Waals surface area contributed by atoms with E-state index in [9.17, 15) is 18.0 Å². The number of carboxylic acid groups (broad SMARTS) is 1. The van der Waals surface area contributed by atoms with E-state index in [1.165, 1.54) is 25.5 Å². The monoisotopic (exact) mass is 334 g/mol. The average molecular weight is 334 g/mol. The molecule has 1 amide bonds. The number of aliphatic carboxylic acids is 1. The van der Waals surface area contributed by atoms with Crippen LogP contribution in [0.1, 0.15) is 23.5 Å². The first-order valence-corrected chi connectivity index (χ1v) is 8.44. The first-order chi connectivity index (χ1) is 9.57. The van der Waals surface area contributed by atoms with Crippen LogP contribution in [0.2, 0.25) is 0 Å². The van der Waals surface area contributed by atoms with Gasteiger partial charge in [0.1, 0.15) is 6.04 Å². The first-order valence-electron chi connectivity index (χ1n) is 6.12. The molecule has 1 atom stereocenters. The summed E-state index contributed by atoms with van der Waals surface area (Å²) in [5, 5.41) is 12.8. The number of sulfonamides is 1. The van der Waals surface area contributed by atoms with Crippen LogP contribution in [0.3, 0.4) is 0 Å². The Bertz CT molecular complexity index is 634. The zero-order chi connectivity index (χ0) is 16.4. The summed E-state index contributed by atoms with van der Waals surface area (Å²) >= 11 is 0.957. The standard InChI is InChI=1S/C12H18N2O5S2/c1-7(2)10(12(16)17)13-11(15)9-5-8(6-20-9)21(18,19)14(3)4/h5-7,10H,1-4H3,(H,13,15)(H,16,17)/t10-/m0/s1. The van der Waals surface area contributed by atoms with Gasteiger partial charge in [-0.3, -0.25) is 4.79 Å². The van der Waals surface area contributed by atoms with Crippen LogP contribution in [-0.4, -0.2) is 49.8 Å². The van der Waals surface area contributed by atoms with Gasteiger partial charge in [-0.05, 0) is 12.0 Å². The van der Waals surface area contributed by atoms with E-state index in [0.717, 1.165) is 15.6 Å². The Kier molecular flexibility index (Phi) is 5.48. The summed E-state index contributed by atoms with van der Waals surface area (Å²) in [6.45, 7) is 3.35. The molecule has 0 unspecified atom stereocenters. The second-order valence-electron chi connectivity index (χ2n) is 4.97. The molecular weight excluding hydrogens is 316 g/mol. The minimum absolute atomic E-state index is 0.0130. The van der Waals surface area contributed by atoms with Crippen molar-refractivity contribution in [2.75, 3.05) is 14.1 Å². The fraction of sp³-hybridized carbons (Fsp3) is 0.500. The average Bonchev–Trinajstić information content (AvgIpc) is 2.84. The number of rotatable bonds is 6. The van der Waals surface area contributed by atoms with Gasteiger partial charge in [0.2, 0.25) is 10.0 Å². The highest BCUT2D eigenvalue weighted by Gasteiger charge is 2.26. The topological polar surface area (TPSA) is 104 Å². The van der Waals surface area contributed by atoms with Crippen LogP contribution in [0, 0.1) is 5.92 Å². The molecule has 0 saturated carbocycles. The maximum absolute atomic E-state index is 12.0. The number of hydrogen-bond acceptors (Lipinski definition) is 5. The summed E-state index contributed by atoms with van der Waals surface area (Å²) < 4.78 is 24.9. The molecular formula is C12H18N2O5S2. The van der Waals surface area contributed by atoms with Crippen molar-refractivity contribution in [3.05, 3.63) is 16.3 Å². The number of carboxylic acids is 1. The molecule has 0 aliphatic heterocycles. The molecule has 7 nitrogen and oxygen atoms in total. The van der Waals surface area contributed by atoms with Gasteiger partial charge in [0.15, 0.2) is 0 Å². The molecule has 0 bridgehead atoms. The number of carbonyl (C=O) groups is 2. The first kappa shape index (κ1) is 17.6. The Morgan fingerprint density at radius 3 is 2.33 bits per heavy atom. The Hall–Kier alpha value is -1.45. The van der Waals surface area contributed by atoms with Gasteiger partial charge >= 0.3 is 5.97 Å². The molecule has 0 radical (unpaired) electrons. The van der Waals surface area contributed by atoms with Crippen LogP contribution in [-0.2, 0) is 14.8 Å². The van der Waals surface area contributed by atoms with Crippen LogP contribution in [0.5, 0.6) is 0 Å². The fourth-order valence-electron chi connectivity index (χ4n) is 1.51. The summed E-state index contributed by atoms with van der Waals surface area (Å²) in [4.78, 5) is 23.2. The molecule has 0 aliphatic rings. The van der Waals surface area contributed by atoms with E-state index in [1.807, 2.05) is 0 Å². The highest BCUT2D eigenvalue weighted by Crippen LogP contribution is 2.21. The Morgan fingerprint density at radius 2 is 1.90 bits per heavy atom. The third kappa shape index (κ3) is 4.02. The van der Waals surface area contributed by atoms with Crippen LogP contribution < -0.4 is 5.32 Å². The molecule has 0 aromatic carbocycles. The molecule has 1 aromatic heterocycles. The number of carbonyl (C=O) groups excluding carboxylic acids is 1. The normalized spacial score (nSPS) is 13.4. The van der Waals surface area contributed by atoms with Gasteiger partial charge in [-0.15, -0.1) is 11.3 Å². The molecule has 0 spiro atoms. The maximum Gasteiger partial charge on any atom is 0.326 e. The van der Waals surface area contributed by atoms with Crippen molar-refractivity contribution >= 4 is 33.2 Å². The van der Waals surface area contributed by atoms with Crippen molar-refractivity contribution in [3.63, 3.8) is 0 Å². The van der Waals surface area contributed by atoms with E-state index in [1.54, 1.807) is 13.8 Å². The van der Waals surface area contributed by atoms with Gasteiger partial charge in [0, 0.05) is 19.5 Å². The lowest BCUT2D eigenvalue weighted by Gasteiger charge is -2.17. The van der Waals surface area contributed by atoms with E-state index in [4.69, 9.17) is 5.11 Å². The predicted molar refractivity (Wildman–Crippen MR) is 78.9 cm³/mol. The number of nitrogens with one attached hydrogen (secondary N) is 1. The maximum atomic E-state index is 12.0. The van der Waals surface area contributed by atoms with Crippen molar-refractivity contribution in [2.45, 2.75) is 24.8 Å². The second-order valence-corrected chi connectivity index (χ2v) is 8.03. The zero-order valence-electron chi connectivity index (χ0n) is 12.2. The molecule has 1 heterocycles.